The molecule has 2 aliphatic heterocycles. The predicted octanol–water partition coefficient (Wildman–Crippen LogP) is 4.39. The van der Waals surface area contributed by atoms with Crippen molar-refractivity contribution in [2.24, 2.45) is 5.92 Å². The minimum Gasteiger partial charge on any atom is -0.381 e. The maximum absolute atomic E-state index is 13.5. The molecule has 4 fully saturated rings. The van der Waals surface area contributed by atoms with Gasteiger partial charge in [0, 0.05) is 43.1 Å². The van der Waals surface area contributed by atoms with Gasteiger partial charge in [0.05, 0.1) is 39.8 Å². The number of hydrogen-bond acceptors (Lipinski definition) is 8. The van der Waals surface area contributed by atoms with Crippen molar-refractivity contribution in [2.45, 2.75) is 68.7 Å². The molecule has 39 heavy (non-hydrogen) atoms. The number of nitrogens with zero attached hydrogens (tertiary/aromatic N) is 3. The summed E-state index contributed by atoms with van der Waals surface area (Å²) in [5.41, 5.74) is 2.46. The molecule has 2 saturated heterocycles. The van der Waals surface area contributed by atoms with E-state index in [1.165, 1.54) is 0 Å². The van der Waals surface area contributed by atoms with Crippen molar-refractivity contribution >= 4 is 32.8 Å². The molecule has 2 aromatic rings. The van der Waals surface area contributed by atoms with Gasteiger partial charge in [-0.2, -0.15) is 5.26 Å². The second kappa shape index (κ2) is 10.8. The Hall–Kier alpha value is -2.48. The highest BCUT2D eigenvalue weighted by molar-refractivity contribution is 7.91. The molecule has 6 rings (SSSR count). The zero-order valence-electron chi connectivity index (χ0n) is 22.2. The van der Waals surface area contributed by atoms with Crippen molar-refractivity contribution in [3.05, 3.63) is 35.0 Å². The molecule has 0 bridgehead atoms. The molecular weight excluding hydrogens is 532 g/mol. The summed E-state index contributed by atoms with van der Waals surface area (Å²) in [6.07, 6.45) is 7.35. The predicted molar refractivity (Wildman–Crippen MR) is 152 cm³/mol. The van der Waals surface area contributed by atoms with Crippen LogP contribution in [0.5, 0.6) is 0 Å². The summed E-state index contributed by atoms with van der Waals surface area (Å²) in [4.78, 5) is 22.0. The monoisotopic (exact) mass is 568 g/mol. The van der Waals surface area contributed by atoms with Crippen LogP contribution in [0.1, 0.15) is 73.9 Å². The minimum absolute atomic E-state index is 0.00403. The Labute approximate surface area is 234 Å². The van der Waals surface area contributed by atoms with Crippen molar-refractivity contribution in [3.8, 4) is 16.5 Å². The molecule has 3 unspecified atom stereocenters. The number of aromatic nitrogens is 1. The Morgan fingerprint density at radius 2 is 1.85 bits per heavy atom. The number of benzene rings is 1. The average molecular weight is 569 g/mol. The van der Waals surface area contributed by atoms with Crippen LogP contribution >= 0.6 is 11.3 Å². The Morgan fingerprint density at radius 3 is 2.51 bits per heavy atom. The van der Waals surface area contributed by atoms with Gasteiger partial charge >= 0.3 is 0 Å². The second-order valence-electron chi connectivity index (χ2n) is 11.5. The molecule has 0 radical (unpaired) electrons. The summed E-state index contributed by atoms with van der Waals surface area (Å²) in [6, 6.07) is 10.7. The van der Waals surface area contributed by atoms with Crippen LogP contribution in [0.4, 0.5) is 5.69 Å². The zero-order valence-corrected chi connectivity index (χ0v) is 23.9. The van der Waals surface area contributed by atoms with E-state index in [0.717, 1.165) is 84.8 Å². The van der Waals surface area contributed by atoms with E-state index >= 15 is 0 Å². The molecule has 0 spiro atoms. The molecule has 3 atom stereocenters. The third-order valence-electron chi connectivity index (χ3n) is 8.80. The number of anilines is 1. The fraction of sp³-hybridized carbons (Fsp3) is 0.621. The van der Waals surface area contributed by atoms with E-state index < -0.39 is 15.4 Å². The van der Waals surface area contributed by atoms with Gasteiger partial charge in [0.15, 0.2) is 9.84 Å². The van der Waals surface area contributed by atoms with Gasteiger partial charge in [0.25, 0.3) is 0 Å². The lowest BCUT2D eigenvalue weighted by Gasteiger charge is -2.31. The SMILES string of the molecule is N#CC1(NC(=O)C2CCCCC2c2nc(C3CCCOC3)sc2-c2ccc(N3CCS(=O)(=O)CC3)cc2)CC1. The van der Waals surface area contributed by atoms with Crippen LogP contribution < -0.4 is 10.2 Å². The molecule has 1 aromatic heterocycles. The van der Waals surface area contributed by atoms with Gasteiger partial charge in [-0.1, -0.05) is 25.0 Å². The quantitative estimate of drug-likeness (QED) is 0.550. The number of carbonyl (C=O) groups excluding carboxylic acids is 1. The summed E-state index contributed by atoms with van der Waals surface area (Å²) in [5, 5.41) is 13.7. The summed E-state index contributed by atoms with van der Waals surface area (Å²) in [6.45, 7) is 2.51. The number of amides is 1. The van der Waals surface area contributed by atoms with Crippen LogP contribution in [0.15, 0.2) is 24.3 Å². The molecule has 3 heterocycles. The number of hydrogen-bond donors (Lipinski definition) is 1. The van der Waals surface area contributed by atoms with Gasteiger partial charge in [-0.25, -0.2) is 13.4 Å². The highest BCUT2D eigenvalue weighted by Gasteiger charge is 2.47. The number of nitrogens with one attached hydrogen (secondary N) is 1. The van der Waals surface area contributed by atoms with Crippen LogP contribution in [-0.4, -0.2) is 62.7 Å². The molecule has 10 heteroatoms. The van der Waals surface area contributed by atoms with E-state index in [9.17, 15) is 18.5 Å². The summed E-state index contributed by atoms with van der Waals surface area (Å²) < 4.78 is 29.5. The highest BCUT2D eigenvalue weighted by Crippen LogP contribution is 2.46. The van der Waals surface area contributed by atoms with Crippen molar-refractivity contribution in [2.75, 3.05) is 42.7 Å². The molecule has 208 valence electrons. The lowest BCUT2D eigenvalue weighted by Crippen LogP contribution is -2.42. The molecule has 1 amide bonds. The first kappa shape index (κ1) is 26.7. The van der Waals surface area contributed by atoms with E-state index in [0.29, 0.717) is 19.7 Å². The maximum atomic E-state index is 13.5. The smallest absolute Gasteiger partial charge is 0.225 e. The maximum Gasteiger partial charge on any atom is 0.225 e. The number of thiazole rings is 1. The molecule has 8 nitrogen and oxygen atoms in total. The average Bonchev–Trinajstić information content (AvgIpc) is 3.60. The van der Waals surface area contributed by atoms with Crippen molar-refractivity contribution in [1.29, 1.82) is 5.26 Å². The van der Waals surface area contributed by atoms with Crippen LogP contribution in [0.2, 0.25) is 0 Å². The Morgan fingerprint density at radius 1 is 1.10 bits per heavy atom. The summed E-state index contributed by atoms with van der Waals surface area (Å²) >= 11 is 1.73. The fourth-order valence-corrected chi connectivity index (χ4v) is 8.66. The first-order chi connectivity index (χ1) is 18.9. The topological polar surface area (TPSA) is 112 Å². The Bertz CT molecular complexity index is 1340. The number of ether oxygens (including phenoxy) is 1. The number of rotatable bonds is 6. The molecule has 1 aromatic carbocycles. The molecule has 1 N–H and O–H groups in total. The molecular formula is C29H36N4O4S2. The highest BCUT2D eigenvalue weighted by atomic mass is 32.2. The number of sulfone groups is 1. The Balaban J connectivity index is 1.31. The van der Waals surface area contributed by atoms with Gasteiger partial charge in [0.2, 0.25) is 5.91 Å². The van der Waals surface area contributed by atoms with E-state index in [1.54, 1.807) is 11.3 Å². The first-order valence-corrected chi connectivity index (χ1v) is 16.9. The fourth-order valence-electron chi connectivity index (χ4n) is 6.20. The standard InChI is InChI=1S/C29H36N4O4S2/c30-19-29(11-12-29)32-27(34)24-6-2-1-5-23(24)25-26(38-28(31-25)21-4-3-15-37-18-21)20-7-9-22(10-8-20)33-13-16-39(35,36)17-14-33/h7-10,21,23-24H,1-6,11-18H2,(H,32,34). The summed E-state index contributed by atoms with van der Waals surface area (Å²) in [5.74, 6) is 0.489. The number of nitriles is 1. The van der Waals surface area contributed by atoms with Crippen LogP contribution in [-0.2, 0) is 19.4 Å². The zero-order chi connectivity index (χ0) is 27.0. The van der Waals surface area contributed by atoms with E-state index in [4.69, 9.17) is 9.72 Å². The second-order valence-corrected chi connectivity index (χ2v) is 14.9. The van der Waals surface area contributed by atoms with Crippen LogP contribution in [0.25, 0.3) is 10.4 Å². The molecule has 2 aliphatic carbocycles. The van der Waals surface area contributed by atoms with Gasteiger partial charge in [-0.15, -0.1) is 11.3 Å². The van der Waals surface area contributed by atoms with Crippen LogP contribution in [0.3, 0.4) is 0 Å². The van der Waals surface area contributed by atoms with E-state index in [1.807, 2.05) is 0 Å². The first-order valence-electron chi connectivity index (χ1n) is 14.2. The van der Waals surface area contributed by atoms with E-state index in [-0.39, 0.29) is 35.2 Å². The van der Waals surface area contributed by atoms with Gasteiger partial charge in [-0.3, -0.25) is 4.79 Å². The van der Waals surface area contributed by atoms with Crippen molar-refractivity contribution in [3.63, 3.8) is 0 Å². The van der Waals surface area contributed by atoms with Gasteiger partial charge < -0.3 is 15.0 Å². The lowest BCUT2D eigenvalue weighted by molar-refractivity contribution is -0.127. The third kappa shape index (κ3) is 5.72. The lowest BCUT2D eigenvalue weighted by atomic mass is 9.76. The van der Waals surface area contributed by atoms with Crippen molar-refractivity contribution < 1.29 is 17.9 Å². The van der Waals surface area contributed by atoms with Gasteiger partial charge in [0.1, 0.15) is 5.54 Å². The normalized spacial score (nSPS) is 27.9. The van der Waals surface area contributed by atoms with Gasteiger partial charge in [-0.05, 0) is 56.2 Å². The molecule has 4 aliphatic rings. The third-order valence-corrected chi connectivity index (χ3v) is 11.7. The van der Waals surface area contributed by atoms with Crippen molar-refractivity contribution in [1.82, 2.24) is 10.3 Å². The minimum atomic E-state index is -2.93. The van der Waals surface area contributed by atoms with Crippen LogP contribution in [0, 0.1) is 17.2 Å². The summed E-state index contributed by atoms with van der Waals surface area (Å²) in [7, 11) is -2.93. The Kier molecular flexibility index (Phi) is 7.42. The molecule has 2 saturated carbocycles. The number of carbonyl (C=O) groups is 1. The van der Waals surface area contributed by atoms with E-state index in [2.05, 4.69) is 40.6 Å². The largest absolute Gasteiger partial charge is 0.381 e.